The Morgan fingerprint density at radius 3 is 2.45 bits per heavy atom. The van der Waals surface area contributed by atoms with Crippen LogP contribution >= 0.6 is 0 Å². The highest BCUT2D eigenvalue weighted by molar-refractivity contribution is 6.09. The second-order valence-corrected chi connectivity index (χ2v) is 4.30. The molecular formula is C16H14N2O2. The Kier molecular flexibility index (Phi) is 4.43. The summed E-state index contributed by atoms with van der Waals surface area (Å²) in [4.78, 5) is 28.8. The molecule has 0 saturated heterocycles. The Balaban J connectivity index is 2.16. The van der Waals surface area contributed by atoms with Crippen LogP contribution in [0.25, 0.3) is 0 Å². The molecule has 1 aromatic heterocycles. The van der Waals surface area contributed by atoms with Gasteiger partial charge in [-0.15, -0.1) is 0 Å². The van der Waals surface area contributed by atoms with Crippen LogP contribution in [0.3, 0.4) is 0 Å². The standard InChI is InChI=1S/C16H14N2O2/c1-18(15-9-5-6-10-17-15)16(20)14(12-19)11-13-7-3-2-4-8-13/h2-10H,11H2,1H3. The van der Waals surface area contributed by atoms with Gasteiger partial charge in [-0.05, 0) is 17.7 Å². The number of carbonyl (C=O) groups is 1. The van der Waals surface area contributed by atoms with Crippen molar-refractivity contribution >= 4 is 17.7 Å². The lowest BCUT2D eigenvalue weighted by atomic mass is 10.1. The van der Waals surface area contributed by atoms with Crippen LogP contribution in [0, 0.1) is 0 Å². The summed E-state index contributed by atoms with van der Waals surface area (Å²) in [5.74, 6) is 1.86. The lowest BCUT2D eigenvalue weighted by Gasteiger charge is -2.16. The van der Waals surface area contributed by atoms with Crippen LogP contribution in [0.15, 0.2) is 60.3 Å². The lowest BCUT2D eigenvalue weighted by Crippen LogP contribution is -2.29. The van der Waals surface area contributed by atoms with E-state index in [0.29, 0.717) is 5.82 Å². The Labute approximate surface area is 117 Å². The normalized spacial score (nSPS) is 9.65. The van der Waals surface area contributed by atoms with Gasteiger partial charge in [-0.1, -0.05) is 36.4 Å². The van der Waals surface area contributed by atoms with Crippen LogP contribution < -0.4 is 4.90 Å². The van der Waals surface area contributed by atoms with Crippen molar-refractivity contribution in [2.24, 2.45) is 0 Å². The zero-order valence-corrected chi connectivity index (χ0v) is 11.1. The third-order valence-corrected chi connectivity index (χ3v) is 2.90. The maximum Gasteiger partial charge on any atom is 0.266 e. The summed E-state index contributed by atoms with van der Waals surface area (Å²) in [5, 5.41) is 0. The minimum atomic E-state index is -0.387. The molecule has 2 aromatic rings. The second kappa shape index (κ2) is 6.45. The molecule has 0 saturated carbocycles. The predicted molar refractivity (Wildman–Crippen MR) is 77.0 cm³/mol. The van der Waals surface area contributed by atoms with Crippen LogP contribution in [0.1, 0.15) is 5.56 Å². The van der Waals surface area contributed by atoms with Gasteiger partial charge in [0, 0.05) is 19.7 Å². The van der Waals surface area contributed by atoms with Crippen molar-refractivity contribution in [3.63, 3.8) is 0 Å². The molecule has 1 amide bonds. The monoisotopic (exact) mass is 266 g/mol. The van der Waals surface area contributed by atoms with E-state index in [2.05, 4.69) is 4.98 Å². The predicted octanol–water partition coefficient (Wildman–Crippen LogP) is 2.05. The first-order valence-electron chi connectivity index (χ1n) is 6.19. The van der Waals surface area contributed by atoms with E-state index in [1.165, 1.54) is 4.90 Å². The number of nitrogens with zero attached hydrogens (tertiary/aromatic N) is 2. The molecule has 2 rings (SSSR count). The van der Waals surface area contributed by atoms with Gasteiger partial charge < -0.3 is 0 Å². The van der Waals surface area contributed by atoms with E-state index in [4.69, 9.17) is 0 Å². The van der Waals surface area contributed by atoms with Gasteiger partial charge in [-0.3, -0.25) is 9.69 Å². The number of hydrogen-bond acceptors (Lipinski definition) is 3. The largest absolute Gasteiger partial charge is 0.295 e. The molecule has 4 heteroatoms. The first kappa shape index (κ1) is 13.7. The van der Waals surface area contributed by atoms with Crippen molar-refractivity contribution < 1.29 is 9.59 Å². The highest BCUT2D eigenvalue weighted by atomic mass is 16.2. The van der Waals surface area contributed by atoms with Crippen LogP contribution in [0.5, 0.6) is 0 Å². The first-order valence-corrected chi connectivity index (χ1v) is 6.19. The third kappa shape index (κ3) is 3.19. The molecule has 0 aliphatic heterocycles. The summed E-state index contributed by atoms with van der Waals surface area (Å²) in [6.07, 6.45) is 1.86. The van der Waals surface area contributed by atoms with Crippen molar-refractivity contribution in [2.75, 3.05) is 11.9 Å². The molecule has 0 N–H and O–H groups in total. The number of pyridine rings is 1. The average molecular weight is 266 g/mol. The van der Waals surface area contributed by atoms with E-state index in [0.717, 1.165) is 5.56 Å². The number of amides is 1. The minimum absolute atomic E-state index is 0.0874. The summed E-state index contributed by atoms with van der Waals surface area (Å²) < 4.78 is 0. The fourth-order valence-electron chi connectivity index (χ4n) is 1.81. The third-order valence-electron chi connectivity index (χ3n) is 2.90. The molecule has 0 atom stereocenters. The van der Waals surface area contributed by atoms with Crippen molar-refractivity contribution in [3.8, 4) is 0 Å². The molecule has 0 aliphatic rings. The molecule has 0 fully saturated rings. The SMILES string of the molecule is CN(C(=O)C(=C=O)Cc1ccccc1)c1ccccn1. The molecule has 0 unspecified atom stereocenters. The Morgan fingerprint density at radius 1 is 1.15 bits per heavy atom. The average Bonchev–Trinajstić information content (AvgIpc) is 2.53. The zero-order valence-electron chi connectivity index (χ0n) is 11.1. The van der Waals surface area contributed by atoms with E-state index in [-0.39, 0.29) is 17.9 Å². The highest BCUT2D eigenvalue weighted by Gasteiger charge is 2.18. The summed E-state index contributed by atoms with van der Waals surface area (Å²) in [7, 11) is 1.59. The van der Waals surface area contributed by atoms with Crippen LogP contribution in [-0.2, 0) is 16.0 Å². The van der Waals surface area contributed by atoms with E-state index in [9.17, 15) is 9.59 Å². The molecule has 1 aromatic carbocycles. The minimum Gasteiger partial charge on any atom is -0.295 e. The fraction of sp³-hybridized carbons (Fsp3) is 0.125. The molecule has 0 radical (unpaired) electrons. The van der Waals surface area contributed by atoms with Gasteiger partial charge >= 0.3 is 0 Å². The Morgan fingerprint density at radius 2 is 1.85 bits per heavy atom. The van der Waals surface area contributed by atoms with Gasteiger partial charge in [-0.25, -0.2) is 9.78 Å². The molecule has 0 spiro atoms. The Bertz CT molecular complexity index is 632. The van der Waals surface area contributed by atoms with Crippen LogP contribution in [0.2, 0.25) is 0 Å². The quantitative estimate of drug-likeness (QED) is 0.628. The smallest absolute Gasteiger partial charge is 0.266 e. The molecule has 100 valence electrons. The van der Waals surface area contributed by atoms with Gasteiger partial charge in [0.1, 0.15) is 17.3 Å². The first-order chi connectivity index (χ1) is 9.72. The molecule has 4 nitrogen and oxygen atoms in total. The number of likely N-dealkylation sites (N-methyl/N-ethyl adjacent to an activating group) is 1. The van der Waals surface area contributed by atoms with Crippen LogP contribution in [-0.4, -0.2) is 23.9 Å². The van der Waals surface area contributed by atoms with Crippen molar-refractivity contribution in [1.82, 2.24) is 4.98 Å². The number of aromatic nitrogens is 1. The van der Waals surface area contributed by atoms with E-state index < -0.39 is 0 Å². The van der Waals surface area contributed by atoms with Gasteiger partial charge in [0.05, 0.1) is 0 Å². The van der Waals surface area contributed by atoms with E-state index in [1.54, 1.807) is 37.4 Å². The van der Waals surface area contributed by atoms with Crippen molar-refractivity contribution in [3.05, 3.63) is 65.9 Å². The topological polar surface area (TPSA) is 50.3 Å². The van der Waals surface area contributed by atoms with Gasteiger partial charge in [0.25, 0.3) is 5.91 Å². The van der Waals surface area contributed by atoms with Gasteiger partial charge in [0.15, 0.2) is 0 Å². The maximum atomic E-state index is 12.3. The number of hydrogen-bond donors (Lipinski definition) is 0. The van der Waals surface area contributed by atoms with Crippen molar-refractivity contribution in [2.45, 2.75) is 6.42 Å². The van der Waals surface area contributed by atoms with Gasteiger partial charge in [0.2, 0.25) is 0 Å². The molecule has 20 heavy (non-hydrogen) atoms. The van der Waals surface area contributed by atoms with Gasteiger partial charge in [-0.2, -0.15) is 0 Å². The molecular weight excluding hydrogens is 252 g/mol. The van der Waals surface area contributed by atoms with E-state index >= 15 is 0 Å². The second-order valence-electron chi connectivity index (χ2n) is 4.30. The Hall–Kier alpha value is -2.71. The number of rotatable bonds is 4. The molecule has 0 bridgehead atoms. The summed E-state index contributed by atoms with van der Waals surface area (Å²) in [6.45, 7) is 0. The maximum absolute atomic E-state index is 12.3. The van der Waals surface area contributed by atoms with Crippen molar-refractivity contribution in [1.29, 1.82) is 0 Å². The van der Waals surface area contributed by atoms with Crippen LogP contribution in [0.4, 0.5) is 5.82 Å². The van der Waals surface area contributed by atoms with E-state index in [1.807, 2.05) is 30.3 Å². The number of anilines is 1. The molecule has 1 heterocycles. The number of benzene rings is 1. The summed E-state index contributed by atoms with van der Waals surface area (Å²) in [5.41, 5.74) is 0.984. The fourth-order valence-corrected chi connectivity index (χ4v) is 1.81. The summed E-state index contributed by atoms with van der Waals surface area (Å²) in [6, 6.07) is 14.6. The summed E-state index contributed by atoms with van der Waals surface area (Å²) >= 11 is 0. The zero-order chi connectivity index (χ0) is 14.4. The number of carbonyl (C=O) groups excluding carboxylic acids is 2. The highest BCUT2D eigenvalue weighted by Crippen LogP contribution is 2.13. The molecule has 0 aliphatic carbocycles. The lowest BCUT2D eigenvalue weighted by molar-refractivity contribution is -0.114.